The molecule has 0 amide bonds. The average Bonchev–Trinajstić information content (AvgIpc) is 3.04. The second-order valence-electron chi connectivity index (χ2n) is 4.36. The van der Waals surface area contributed by atoms with Gasteiger partial charge in [0.2, 0.25) is 0 Å². The molecule has 1 aromatic carbocycles. The van der Waals surface area contributed by atoms with E-state index in [1.165, 1.54) is 0 Å². The first kappa shape index (κ1) is 11.6. The minimum atomic E-state index is 0.767. The zero-order chi connectivity index (χ0) is 13.4. The Morgan fingerprint density at radius 1 is 1.37 bits per heavy atom. The average molecular weight is 256 g/mol. The lowest BCUT2D eigenvalue weighted by Crippen LogP contribution is -1.98. The highest BCUT2D eigenvalue weighted by Gasteiger charge is 2.16. The molecular formula is C14H16N4O. The monoisotopic (exact) mass is 256 g/mol. The van der Waals surface area contributed by atoms with Crippen LogP contribution in [0.15, 0.2) is 30.5 Å². The Bertz CT molecular complexity index is 713. The van der Waals surface area contributed by atoms with Crippen LogP contribution < -0.4 is 10.5 Å². The molecule has 0 saturated heterocycles. The van der Waals surface area contributed by atoms with Crippen molar-refractivity contribution < 1.29 is 4.74 Å². The van der Waals surface area contributed by atoms with Crippen LogP contribution in [0.1, 0.15) is 6.92 Å². The van der Waals surface area contributed by atoms with E-state index in [0.717, 1.165) is 40.3 Å². The van der Waals surface area contributed by atoms with Crippen molar-refractivity contribution in [1.29, 1.82) is 0 Å². The van der Waals surface area contributed by atoms with Gasteiger partial charge in [0, 0.05) is 24.2 Å². The number of rotatable bonds is 3. The number of aromatic nitrogens is 3. The maximum absolute atomic E-state index is 6.29. The van der Waals surface area contributed by atoms with Gasteiger partial charge in [-0.1, -0.05) is 0 Å². The molecule has 0 saturated carbocycles. The van der Waals surface area contributed by atoms with E-state index in [-0.39, 0.29) is 0 Å². The second-order valence-corrected chi connectivity index (χ2v) is 4.36. The Hall–Kier alpha value is -2.43. The third-order valence-corrected chi connectivity index (χ3v) is 3.38. The summed E-state index contributed by atoms with van der Waals surface area (Å²) in [7, 11) is 1.67. The molecule has 5 nitrogen and oxygen atoms in total. The number of fused-ring (bicyclic) bond motifs is 1. The number of benzene rings is 1. The maximum Gasteiger partial charge on any atom is 0.120 e. The van der Waals surface area contributed by atoms with Gasteiger partial charge in [0.05, 0.1) is 29.7 Å². The van der Waals surface area contributed by atoms with E-state index in [4.69, 9.17) is 10.5 Å². The van der Waals surface area contributed by atoms with Crippen LogP contribution in [0.5, 0.6) is 5.75 Å². The van der Waals surface area contributed by atoms with E-state index in [2.05, 4.69) is 21.7 Å². The molecule has 0 atom stereocenters. The molecule has 0 aliphatic heterocycles. The van der Waals surface area contributed by atoms with Gasteiger partial charge in [0.15, 0.2) is 0 Å². The Labute approximate surface area is 111 Å². The van der Waals surface area contributed by atoms with Gasteiger partial charge in [-0.3, -0.25) is 5.10 Å². The highest BCUT2D eigenvalue weighted by Crippen LogP contribution is 2.36. The summed E-state index contributed by atoms with van der Waals surface area (Å²) in [5, 5.41) is 8.01. The first-order valence-electron chi connectivity index (χ1n) is 6.21. The molecule has 3 N–H and O–H groups in total. The number of anilines is 1. The van der Waals surface area contributed by atoms with E-state index >= 15 is 0 Å². The largest absolute Gasteiger partial charge is 0.497 e. The van der Waals surface area contributed by atoms with Gasteiger partial charge in [0.1, 0.15) is 5.75 Å². The number of H-pyrrole nitrogens is 1. The third-order valence-electron chi connectivity index (χ3n) is 3.38. The lowest BCUT2D eigenvalue weighted by molar-refractivity contribution is 0.415. The van der Waals surface area contributed by atoms with E-state index in [0.29, 0.717) is 0 Å². The van der Waals surface area contributed by atoms with Crippen LogP contribution >= 0.6 is 0 Å². The van der Waals surface area contributed by atoms with Crippen molar-refractivity contribution in [3.05, 3.63) is 30.5 Å². The summed E-state index contributed by atoms with van der Waals surface area (Å²) >= 11 is 0. The van der Waals surface area contributed by atoms with Gasteiger partial charge in [-0.25, -0.2) is 0 Å². The Morgan fingerprint density at radius 3 is 2.84 bits per heavy atom. The summed E-state index contributed by atoms with van der Waals surface area (Å²) in [5.41, 5.74) is 10.0. The van der Waals surface area contributed by atoms with Crippen molar-refractivity contribution in [2.24, 2.45) is 0 Å². The number of nitrogens with two attached hydrogens (primary N) is 1. The van der Waals surface area contributed by atoms with Crippen molar-refractivity contribution in [2.45, 2.75) is 13.5 Å². The smallest absolute Gasteiger partial charge is 0.120 e. The van der Waals surface area contributed by atoms with E-state index < -0.39 is 0 Å². The fraction of sp³-hybridized carbons (Fsp3) is 0.214. The molecular weight excluding hydrogens is 240 g/mol. The number of aryl methyl sites for hydroxylation is 1. The van der Waals surface area contributed by atoms with E-state index in [1.807, 2.05) is 24.3 Å². The fourth-order valence-electron chi connectivity index (χ4n) is 2.49. The summed E-state index contributed by atoms with van der Waals surface area (Å²) < 4.78 is 7.45. The molecule has 0 fully saturated rings. The van der Waals surface area contributed by atoms with Crippen molar-refractivity contribution in [3.8, 4) is 17.1 Å². The molecule has 0 aliphatic carbocycles. The van der Waals surface area contributed by atoms with Crippen LogP contribution in [0.4, 0.5) is 5.69 Å². The van der Waals surface area contributed by atoms with Crippen LogP contribution in [0.2, 0.25) is 0 Å². The lowest BCUT2D eigenvalue weighted by Gasteiger charge is -2.07. The van der Waals surface area contributed by atoms with Crippen molar-refractivity contribution in [3.63, 3.8) is 0 Å². The minimum absolute atomic E-state index is 0.767. The van der Waals surface area contributed by atoms with Crippen LogP contribution in [-0.4, -0.2) is 21.9 Å². The van der Waals surface area contributed by atoms with Crippen molar-refractivity contribution >= 4 is 16.6 Å². The third kappa shape index (κ3) is 1.66. The molecule has 0 aliphatic rings. The number of hydrogen-bond donors (Lipinski definition) is 2. The Balaban J connectivity index is 2.36. The summed E-state index contributed by atoms with van der Waals surface area (Å²) in [6, 6.07) is 7.86. The molecule has 19 heavy (non-hydrogen) atoms. The van der Waals surface area contributed by atoms with Gasteiger partial charge in [0.25, 0.3) is 0 Å². The minimum Gasteiger partial charge on any atom is -0.497 e. The van der Waals surface area contributed by atoms with Gasteiger partial charge >= 0.3 is 0 Å². The predicted octanol–water partition coefficient (Wildman–Crippen LogP) is 2.64. The summed E-state index contributed by atoms with van der Waals surface area (Å²) in [5.74, 6) is 0.830. The lowest BCUT2D eigenvalue weighted by atomic mass is 10.2. The predicted molar refractivity (Wildman–Crippen MR) is 76.2 cm³/mol. The van der Waals surface area contributed by atoms with Gasteiger partial charge in [-0.15, -0.1) is 0 Å². The van der Waals surface area contributed by atoms with Crippen LogP contribution in [-0.2, 0) is 6.54 Å². The number of hydrogen-bond acceptors (Lipinski definition) is 3. The molecule has 3 aromatic rings. The van der Waals surface area contributed by atoms with Gasteiger partial charge in [-0.2, -0.15) is 5.10 Å². The number of nitrogen functional groups attached to an aromatic ring is 1. The van der Waals surface area contributed by atoms with Crippen LogP contribution in [0.25, 0.3) is 22.3 Å². The highest BCUT2D eigenvalue weighted by molar-refractivity contribution is 6.00. The number of nitrogens with zero attached hydrogens (tertiary/aromatic N) is 2. The zero-order valence-electron chi connectivity index (χ0n) is 11.0. The first-order valence-corrected chi connectivity index (χ1v) is 6.21. The van der Waals surface area contributed by atoms with Crippen LogP contribution in [0, 0.1) is 0 Å². The molecule has 5 heteroatoms. The number of methoxy groups -OCH3 is 1. The van der Waals surface area contributed by atoms with E-state index in [9.17, 15) is 0 Å². The SMILES string of the molecule is CCn1c(-c2ccn[nH]2)c(N)c2ccc(OC)cc21. The fourth-order valence-corrected chi connectivity index (χ4v) is 2.49. The molecule has 0 bridgehead atoms. The summed E-state index contributed by atoms with van der Waals surface area (Å²) in [6.07, 6.45) is 1.73. The number of nitrogens with one attached hydrogen (secondary N) is 1. The maximum atomic E-state index is 6.29. The van der Waals surface area contributed by atoms with Gasteiger partial charge in [-0.05, 0) is 25.1 Å². The highest BCUT2D eigenvalue weighted by atomic mass is 16.5. The van der Waals surface area contributed by atoms with E-state index in [1.54, 1.807) is 13.3 Å². The zero-order valence-corrected chi connectivity index (χ0v) is 11.0. The Morgan fingerprint density at radius 2 is 2.21 bits per heavy atom. The topological polar surface area (TPSA) is 68.9 Å². The molecule has 0 radical (unpaired) electrons. The number of ether oxygens (including phenoxy) is 1. The normalized spacial score (nSPS) is 11.1. The standard InChI is InChI=1S/C14H16N4O/c1-3-18-12-8-9(19-2)4-5-10(12)13(15)14(18)11-6-7-16-17-11/h4-8H,3,15H2,1-2H3,(H,16,17). The first-order chi connectivity index (χ1) is 9.26. The van der Waals surface area contributed by atoms with Crippen LogP contribution in [0.3, 0.4) is 0 Å². The molecule has 2 heterocycles. The quantitative estimate of drug-likeness (QED) is 0.757. The summed E-state index contributed by atoms with van der Waals surface area (Å²) in [4.78, 5) is 0. The molecule has 98 valence electrons. The van der Waals surface area contributed by atoms with Crippen molar-refractivity contribution in [1.82, 2.24) is 14.8 Å². The molecule has 0 unspecified atom stereocenters. The second kappa shape index (κ2) is 4.35. The van der Waals surface area contributed by atoms with Gasteiger partial charge < -0.3 is 15.0 Å². The molecule has 3 rings (SSSR count). The molecule has 0 spiro atoms. The number of aromatic amines is 1. The Kier molecular flexibility index (Phi) is 2.67. The van der Waals surface area contributed by atoms with Crippen molar-refractivity contribution in [2.75, 3.05) is 12.8 Å². The summed E-state index contributed by atoms with van der Waals surface area (Å²) in [6.45, 7) is 2.92. The molecule has 2 aromatic heterocycles.